The Morgan fingerprint density at radius 1 is 0.315 bits per heavy atom. The first-order valence-corrected chi connectivity index (χ1v) is 18.8. The van der Waals surface area contributed by atoms with Crippen LogP contribution in [0.25, 0.3) is 66.1 Å². The quantitative estimate of drug-likeness (QED) is 0.157. The molecule has 0 fully saturated rings. The highest BCUT2D eigenvalue weighted by molar-refractivity contribution is 6.09. The van der Waals surface area contributed by atoms with Gasteiger partial charge in [-0.05, 0) is 120 Å². The maximum atomic E-state index is 2.41. The van der Waals surface area contributed by atoms with Crippen molar-refractivity contribution in [2.75, 3.05) is 4.90 Å². The van der Waals surface area contributed by atoms with Crippen LogP contribution in [-0.2, 0) is 5.41 Å². The molecule has 256 valence electrons. The summed E-state index contributed by atoms with van der Waals surface area (Å²) < 4.78 is 0. The van der Waals surface area contributed by atoms with E-state index in [9.17, 15) is 0 Å². The lowest BCUT2D eigenvalue weighted by atomic mass is 9.81. The van der Waals surface area contributed by atoms with Crippen LogP contribution in [0.5, 0.6) is 0 Å². The van der Waals surface area contributed by atoms with Gasteiger partial charge in [-0.1, -0.05) is 172 Å². The van der Waals surface area contributed by atoms with Gasteiger partial charge in [-0.15, -0.1) is 0 Å². The van der Waals surface area contributed by atoms with Gasteiger partial charge in [-0.25, -0.2) is 0 Å². The molecule has 0 aliphatic heterocycles. The summed E-state index contributed by atoms with van der Waals surface area (Å²) in [5, 5.41) is 4.99. The lowest BCUT2D eigenvalue weighted by Crippen LogP contribution is -2.14. The molecule has 0 bridgehead atoms. The standard InChI is InChI=1S/C53H39N/c1-53(2)51-20-12-11-19-47(51)48-31-26-41(33-52(48)53)36-23-27-42(28-24-36)54(43-29-25-40-22-21-39-17-9-10-18-45(39)50(40)34-43)44-30-32-46(37-13-5-3-6-14-37)49(35-44)38-15-7-4-8-16-38/h3-35H,1-2H3. The second kappa shape index (κ2) is 12.8. The molecule has 0 saturated carbocycles. The Labute approximate surface area is 317 Å². The Bertz CT molecular complexity index is 2830. The minimum Gasteiger partial charge on any atom is -0.310 e. The van der Waals surface area contributed by atoms with E-state index < -0.39 is 0 Å². The third kappa shape index (κ3) is 5.32. The molecule has 0 aromatic heterocycles. The maximum absolute atomic E-state index is 2.41. The lowest BCUT2D eigenvalue weighted by Gasteiger charge is -2.27. The smallest absolute Gasteiger partial charge is 0.0468 e. The number of anilines is 3. The van der Waals surface area contributed by atoms with E-state index in [0.29, 0.717) is 0 Å². The molecule has 1 aliphatic carbocycles. The molecule has 0 N–H and O–H groups in total. The SMILES string of the molecule is CC1(C)c2ccccc2-c2ccc(-c3ccc(N(c4ccc(-c5ccccc5)c(-c5ccccc5)c4)c4ccc5ccc6ccccc6c5c4)cc3)cc21. The second-order valence-electron chi connectivity index (χ2n) is 15.0. The van der Waals surface area contributed by atoms with E-state index in [1.807, 2.05) is 0 Å². The average Bonchev–Trinajstić information content (AvgIpc) is 3.47. The van der Waals surface area contributed by atoms with Crippen molar-refractivity contribution in [3.63, 3.8) is 0 Å². The van der Waals surface area contributed by atoms with Gasteiger partial charge in [0, 0.05) is 22.5 Å². The highest BCUT2D eigenvalue weighted by atomic mass is 15.1. The molecule has 0 saturated heterocycles. The first kappa shape index (κ1) is 32.0. The predicted molar refractivity (Wildman–Crippen MR) is 230 cm³/mol. The lowest BCUT2D eigenvalue weighted by molar-refractivity contribution is 0.660. The van der Waals surface area contributed by atoms with Crippen LogP contribution >= 0.6 is 0 Å². The van der Waals surface area contributed by atoms with E-state index in [-0.39, 0.29) is 5.41 Å². The van der Waals surface area contributed by atoms with Gasteiger partial charge in [-0.3, -0.25) is 0 Å². The fraction of sp³-hybridized carbons (Fsp3) is 0.0566. The molecule has 0 radical (unpaired) electrons. The minimum absolute atomic E-state index is 0.0404. The van der Waals surface area contributed by atoms with Crippen LogP contribution in [0, 0.1) is 0 Å². The van der Waals surface area contributed by atoms with Gasteiger partial charge < -0.3 is 4.90 Å². The Balaban J connectivity index is 1.13. The largest absolute Gasteiger partial charge is 0.310 e. The molecular formula is C53H39N. The van der Waals surface area contributed by atoms with Crippen LogP contribution in [0.1, 0.15) is 25.0 Å². The van der Waals surface area contributed by atoms with E-state index in [0.717, 1.165) is 17.1 Å². The van der Waals surface area contributed by atoms with Gasteiger partial charge in [0.15, 0.2) is 0 Å². The van der Waals surface area contributed by atoms with Gasteiger partial charge in [0.2, 0.25) is 0 Å². The first-order chi connectivity index (χ1) is 26.5. The van der Waals surface area contributed by atoms with Crippen molar-refractivity contribution in [2.45, 2.75) is 19.3 Å². The summed E-state index contributed by atoms with van der Waals surface area (Å²) in [7, 11) is 0. The van der Waals surface area contributed by atoms with Gasteiger partial charge in [-0.2, -0.15) is 0 Å². The summed E-state index contributed by atoms with van der Waals surface area (Å²) in [5.41, 5.74) is 16.1. The van der Waals surface area contributed by atoms with E-state index >= 15 is 0 Å². The second-order valence-corrected chi connectivity index (χ2v) is 15.0. The van der Waals surface area contributed by atoms with Crippen molar-refractivity contribution in [3.8, 4) is 44.5 Å². The predicted octanol–water partition coefficient (Wildman–Crippen LogP) is 14.8. The van der Waals surface area contributed by atoms with E-state index in [1.54, 1.807) is 0 Å². The fourth-order valence-electron chi connectivity index (χ4n) is 8.66. The molecule has 10 rings (SSSR count). The number of hydrogen-bond acceptors (Lipinski definition) is 1. The third-order valence-electron chi connectivity index (χ3n) is 11.5. The molecule has 54 heavy (non-hydrogen) atoms. The number of nitrogens with zero attached hydrogens (tertiary/aromatic N) is 1. The zero-order valence-electron chi connectivity index (χ0n) is 30.5. The van der Waals surface area contributed by atoms with Gasteiger partial charge in [0.1, 0.15) is 0 Å². The summed E-state index contributed by atoms with van der Waals surface area (Å²) in [6.07, 6.45) is 0. The summed E-state index contributed by atoms with van der Waals surface area (Å²) >= 11 is 0. The Morgan fingerprint density at radius 2 is 0.852 bits per heavy atom. The van der Waals surface area contributed by atoms with Crippen LogP contribution in [0.2, 0.25) is 0 Å². The third-order valence-corrected chi connectivity index (χ3v) is 11.5. The van der Waals surface area contributed by atoms with E-state index in [1.165, 1.54) is 77.2 Å². The summed E-state index contributed by atoms with van der Waals surface area (Å²) in [5.74, 6) is 0. The number of rotatable bonds is 6. The molecule has 0 atom stereocenters. The molecule has 0 heterocycles. The summed E-state index contributed by atoms with van der Waals surface area (Å²) in [4.78, 5) is 2.41. The van der Waals surface area contributed by atoms with Crippen LogP contribution in [0.15, 0.2) is 200 Å². The van der Waals surface area contributed by atoms with E-state index in [4.69, 9.17) is 0 Å². The highest BCUT2D eigenvalue weighted by Gasteiger charge is 2.35. The van der Waals surface area contributed by atoms with Crippen molar-refractivity contribution in [1.29, 1.82) is 0 Å². The average molecular weight is 690 g/mol. The maximum Gasteiger partial charge on any atom is 0.0468 e. The molecule has 0 amide bonds. The molecule has 1 heteroatoms. The molecule has 0 unspecified atom stereocenters. The zero-order chi connectivity index (χ0) is 36.2. The van der Waals surface area contributed by atoms with Crippen molar-refractivity contribution in [1.82, 2.24) is 0 Å². The number of benzene rings is 9. The molecule has 1 nitrogen and oxygen atoms in total. The summed E-state index contributed by atoms with van der Waals surface area (Å²) in [6.45, 7) is 4.70. The Kier molecular flexibility index (Phi) is 7.56. The molecule has 9 aromatic rings. The molecule has 0 spiro atoms. The van der Waals surface area contributed by atoms with Gasteiger partial charge in [0.25, 0.3) is 0 Å². The van der Waals surface area contributed by atoms with Crippen LogP contribution < -0.4 is 4.90 Å². The monoisotopic (exact) mass is 689 g/mol. The van der Waals surface area contributed by atoms with Crippen molar-refractivity contribution in [3.05, 3.63) is 211 Å². The van der Waals surface area contributed by atoms with Crippen LogP contribution in [0.4, 0.5) is 17.1 Å². The molecule has 9 aromatic carbocycles. The fourth-order valence-corrected chi connectivity index (χ4v) is 8.66. The van der Waals surface area contributed by atoms with Crippen molar-refractivity contribution < 1.29 is 0 Å². The Morgan fingerprint density at radius 3 is 1.63 bits per heavy atom. The normalized spacial score (nSPS) is 12.8. The summed E-state index contributed by atoms with van der Waals surface area (Å²) in [6, 6.07) is 73.4. The van der Waals surface area contributed by atoms with E-state index in [2.05, 4.69) is 219 Å². The number of hydrogen-bond donors (Lipinski definition) is 0. The first-order valence-electron chi connectivity index (χ1n) is 18.8. The molecule has 1 aliphatic rings. The van der Waals surface area contributed by atoms with Gasteiger partial charge in [0.05, 0.1) is 0 Å². The van der Waals surface area contributed by atoms with Crippen LogP contribution in [0.3, 0.4) is 0 Å². The van der Waals surface area contributed by atoms with Crippen molar-refractivity contribution >= 4 is 38.6 Å². The highest BCUT2D eigenvalue weighted by Crippen LogP contribution is 2.50. The van der Waals surface area contributed by atoms with Crippen LogP contribution in [-0.4, -0.2) is 0 Å². The molecular weight excluding hydrogens is 651 g/mol. The Hall–Kier alpha value is -6.70. The van der Waals surface area contributed by atoms with Crippen molar-refractivity contribution in [2.24, 2.45) is 0 Å². The van der Waals surface area contributed by atoms with Gasteiger partial charge >= 0.3 is 0 Å². The minimum atomic E-state index is -0.0404. The zero-order valence-corrected chi connectivity index (χ0v) is 30.5. The topological polar surface area (TPSA) is 3.24 Å². The number of fused-ring (bicyclic) bond motifs is 6.